The maximum absolute atomic E-state index is 10.8. The van der Waals surface area contributed by atoms with Crippen LogP contribution in [0.3, 0.4) is 0 Å². The maximum atomic E-state index is 10.8. The number of hydrogen-bond acceptors (Lipinski definition) is 6. The van der Waals surface area contributed by atoms with Gasteiger partial charge in [-0.25, -0.2) is 4.99 Å². The first-order valence-electron chi connectivity index (χ1n) is 9.37. The molecule has 0 saturated carbocycles. The van der Waals surface area contributed by atoms with Crippen LogP contribution in [0.15, 0.2) is 29.5 Å². The van der Waals surface area contributed by atoms with Crippen LogP contribution in [0.4, 0.5) is 0 Å². The molecule has 1 aromatic heterocycles. The van der Waals surface area contributed by atoms with Gasteiger partial charge >= 0.3 is 0 Å². The number of ether oxygens (including phenoxy) is 3. The molecule has 0 fully saturated rings. The summed E-state index contributed by atoms with van der Waals surface area (Å²) in [5, 5.41) is 21.2. The van der Waals surface area contributed by atoms with Gasteiger partial charge in [0.2, 0.25) is 0 Å². The van der Waals surface area contributed by atoms with Gasteiger partial charge < -0.3 is 30.0 Å². The minimum atomic E-state index is -1.09. The van der Waals surface area contributed by atoms with E-state index in [1.807, 2.05) is 20.0 Å². The Hall–Kier alpha value is -2.94. The largest absolute Gasteiger partial charge is 0.496 e. The molecule has 0 spiro atoms. The SMILES string of the molecule is CCNC(=NCc1cc(OC)c(OC)cc1OC)NCC(C)(O)c1cnn(C)c1. The van der Waals surface area contributed by atoms with Crippen LogP contribution in [0, 0.1) is 0 Å². The van der Waals surface area contributed by atoms with E-state index in [4.69, 9.17) is 14.2 Å². The van der Waals surface area contributed by atoms with Crippen molar-refractivity contribution in [1.29, 1.82) is 0 Å². The average Bonchev–Trinajstić information content (AvgIpc) is 3.16. The molecule has 1 unspecified atom stereocenters. The Bertz CT molecular complexity index is 832. The first-order chi connectivity index (χ1) is 13.8. The molecule has 0 aliphatic carbocycles. The highest BCUT2D eigenvalue weighted by molar-refractivity contribution is 5.79. The summed E-state index contributed by atoms with van der Waals surface area (Å²) in [5.74, 6) is 2.43. The van der Waals surface area contributed by atoms with Crippen molar-refractivity contribution in [3.63, 3.8) is 0 Å². The van der Waals surface area contributed by atoms with Gasteiger partial charge in [0, 0.05) is 37.0 Å². The third kappa shape index (κ3) is 5.77. The molecule has 0 bridgehead atoms. The zero-order valence-corrected chi connectivity index (χ0v) is 17.9. The molecule has 1 atom stereocenters. The minimum Gasteiger partial charge on any atom is -0.496 e. The molecule has 160 valence electrons. The first kappa shape index (κ1) is 22.4. The van der Waals surface area contributed by atoms with Crippen LogP contribution in [0.2, 0.25) is 0 Å². The van der Waals surface area contributed by atoms with Crippen molar-refractivity contribution in [2.24, 2.45) is 12.0 Å². The number of hydrogen-bond donors (Lipinski definition) is 3. The number of aliphatic imine (C=N–C) groups is 1. The Morgan fingerprint density at radius 2 is 1.79 bits per heavy atom. The van der Waals surface area contributed by atoms with E-state index in [9.17, 15) is 5.11 Å². The molecule has 0 radical (unpaired) electrons. The minimum absolute atomic E-state index is 0.271. The van der Waals surface area contributed by atoms with Gasteiger partial charge in [0.05, 0.1) is 40.6 Å². The fourth-order valence-corrected chi connectivity index (χ4v) is 2.78. The lowest BCUT2D eigenvalue weighted by Gasteiger charge is -2.23. The van der Waals surface area contributed by atoms with Crippen molar-refractivity contribution < 1.29 is 19.3 Å². The number of aliphatic hydroxyl groups is 1. The highest BCUT2D eigenvalue weighted by atomic mass is 16.5. The second-order valence-corrected chi connectivity index (χ2v) is 6.74. The van der Waals surface area contributed by atoms with E-state index in [2.05, 4.69) is 20.7 Å². The predicted octanol–water partition coefficient (Wildman–Crippen LogP) is 1.41. The summed E-state index contributed by atoms with van der Waals surface area (Å²) in [6, 6.07) is 3.62. The van der Waals surface area contributed by atoms with Crippen LogP contribution < -0.4 is 24.8 Å². The van der Waals surface area contributed by atoms with Crippen LogP contribution in [0.25, 0.3) is 0 Å². The quantitative estimate of drug-likeness (QED) is 0.428. The fraction of sp³-hybridized carbons (Fsp3) is 0.500. The molecular formula is C20H31N5O4. The van der Waals surface area contributed by atoms with Crippen molar-refractivity contribution in [3.8, 4) is 17.2 Å². The number of rotatable bonds is 9. The first-order valence-corrected chi connectivity index (χ1v) is 9.37. The number of guanidine groups is 1. The molecule has 1 aromatic carbocycles. The second-order valence-electron chi connectivity index (χ2n) is 6.74. The zero-order valence-electron chi connectivity index (χ0n) is 17.9. The number of nitrogens with one attached hydrogen (secondary N) is 2. The summed E-state index contributed by atoms with van der Waals surface area (Å²) in [6.07, 6.45) is 3.44. The van der Waals surface area contributed by atoms with E-state index >= 15 is 0 Å². The lowest BCUT2D eigenvalue weighted by molar-refractivity contribution is 0.0616. The lowest BCUT2D eigenvalue weighted by Crippen LogP contribution is -2.44. The van der Waals surface area contributed by atoms with Gasteiger partial charge in [-0.2, -0.15) is 5.10 Å². The summed E-state index contributed by atoms with van der Waals surface area (Å²) < 4.78 is 17.8. The van der Waals surface area contributed by atoms with Crippen LogP contribution >= 0.6 is 0 Å². The van der Waals surface area contributed by atoms with Crippen molar-refractivity contribution in [1.82, 2.24) is 20.4 Å². The number of benzene rings is 1. The Kier molecular flexibility index (Phi) is 7.72. The van der Waals surface area contributed by atoms with E-state index in [-0.39, 0.29) is 6.54 Å². The van der Waals surface area contributed by atoms with Gasteiger partial charge in [0.1, 0.15) is 11.4 Å². The van der Waals surface area contributed by atoms with Crippen LogP contribution in [0.5, 0.6) is 17.2 Å². The third-order valence-electron chi connectivity index (χ3n) is 4.47. The highest BCUT2D eigenvalue weighted by Crippen LogP contribution is 2.34. The molecule has 0 saturated heterocycles. The molecule has 3 N–H and O–H groups in total. The highest BCUT2D eigenvalue weighted by Gasteiger charge is 2.25. The molecule has 9 heteroatoms. The average molecular weight is 405 g/mol. The summed E-state index contributed by atoms with van der Waals surface area (Å²) >= 11 is 0. The van der Waals surface area contributed by atoms with Crippen LogP contribution in [0.1, 0.15) is 25.0 Å². The van der Waals surface area contributed by atoms with Crippen molar-refractivity contribution in [3.05, 3.63) is 35.7 Å². The molecule has 2 aromatic rings. The molecule has 0 aliphatic rings. The van der Waals surface area contributed by atoms with Gasteiger partial charge in [0.25, 0.3) is 0 Å². The van der Waals surface area contributed by atoms with Gasteiger partial charge in [0.15, 0.2) is 17.5 Å². The zero-order chi connectivity index (χ0) is 21.4. The number of aryl methyl sites for hydroxylation is 1. The number of methoxy groups -OCH3 is 3. The second kappa shape index (κ2) is 10.0. The molecule has 29 heavy (non-hydrogen) atoms. The Balaban J connectivity index is 2.16. The van der Waals surface area contributed by atoms with Crippen LogP contribution in [-0.2, 0) is 19.2 Å². The lowest BCUT2D eigenvalue weighted by atomic mass is 10.00. The molecule has 0 amide bonds. The van der Waals surface area contributed by atoms with Gasteiger partial charge in [-0.15, -0.1) is 0 Å². The maximum Gasteiger partial charge on any atom is 0.191 e. The molecule has 1 heterocycles. The van der Waals surface area contributed by atoms with Crippen molar-refractivity contribution in [2.45, 2.75) is 26.0 Å². The predicted molar refractivity (Wildman–Crippen MR) is 112 cm³/mol. The Morgan fingerprint density at radius 3 is 2.34 bits per heavy atom. The molecule has 9 nitrogen and oxygen atoms in total. The third-order valence-corrected chi connectivity index (χ3v) is 4.47. The topological polar surface area (TPSA) is 102 Å². The number of aromatic nitrogens is 2. The summed E-state index contributed by atoms with van der Waals surface area (Å²) in [5.41, 5.74) is 0.483. The summed E-state index contributed by atoms with van der Waals surface area (Å²) in [6.45, 7) is 5.02. The standard InChI is InChI=1S/C20H31N5O4/c1-7-21-19(23-13-20(2,26)15-11-24-25(3)12-15)22-10-14-8-17(28-5)18(29-6)9-16(14)27-4/h8-9,11-12,26H,7,10,13H2,1-6H3,(H2,21,22,23). The van der Waals surface area contributed by atoms with E-state index < -0.39 is 5.60 Å². The fourth-order valence-electron chi connectivity index (χ4n) is 2.78. The number of nitrogens with zero attached hydrogens (tertiary/aromatic N) is 3. The Morgan fingerprint density at radius 1 is 1.14 bits per heavy atom. The van der Waals surface area contributed by atoms with Gasteiger partial charge in [-0.1, -0.05) is 0 Å². The van der Waals surface area contributed by atoms with Crippen molar-refractivity contribution in [2.75, 3.05) is 34.4 Å². The normalized spacial score (nSPS) is 13.6. The van der Waals surface area contributed by atoms with E-state index in [1.54, 1.807) is 51.4 Å². The van der Waals surface area contributed by atoms with E-state index in [0.29, 0.717) is 36.3 Å². The van der Waals surface area contributed by atoms with Gasteiger partial charge in [-0.3, -0.25) is 4.68 Å². The summed E-state index contributed by atoms with van der Waals surface area (Å²) in [4.78, 5) is 4.61. The molecular weight excluding hydrogens is 374 g/mol. The molecule has 2 rings (SSSR count). The van der Waals surface area contributed by atoms with Crippen LogP contribution in [-0.4, -0.2) is 55.3 Å². The smallest absolute Gasteiger partial charge is 0.191 e. The summed E-state index contributed by atoms with van der Waals surface area (Å²) in [7, 11) is 6.58. The molecule has 0 aliphatic heterocycles. The van der Waals surface area contributed by atoms with E-state index in [0.717, 1.165) is 11.1 Å². The van der Waals surface area contributed by atoms with Crippen molar-refractivity contribution >= 4 is 5.96 Å². The monoisotopic (exact) mass is 405 g/mol. The van der Waals surface area contributed by atoms with Gasteiger partial charge in [-0.05, 0) is 19.9 Å². The van der Waals surface area contributed by atoms with E-state index in [1.165, 1.54) is 0 Å². The Labute approximate surface area is 171 Å².